The second kappa shape index (κ2) is 9.52. The summed E-state index contributed by atoms with van der Waals surface area (Å²) in [5.41, 5.74) is 0.993. The van der Waals surface area contributed by atoms with E-state index in [0.29, 0.717) is 32.7 Å². The summed E-state index contributed by atoms with van der Waals surface area (Å²) in [6.07, 6.45) is 2.89. The number of carboxylic acid groups (broad SMARTS) is 1. The molecule has 0 atom stereocenters. The first kappa shape index (κ1) is 21.5. The minimum atomic E-state index is -1.11. The van der Waals surface area contributed by atoms with E-state index in [2.05, 4.69) is 0 Å². The lowest BCUT2D eigenvalue weighted by Gasteiger charge is -2.09. The van der Waals surface area contributed by atoms with E-state index in [1.165, 1.54) is 37.5 Å². The lowest BCUT2D eigenvalue weighted by molar-refractivity contribution is -0.139. The molecule has 0 amide bonds. The zero-order valence-electron chi connectivity index (χ0n) is 15.7. The van der Waals surface area contributed by atoms with Gasteiger partial charge in [0.15, 0.2) is 23.9 Å². The van der Waals surface area contributed by atoms with E-state index in [4.69, 9.17) is 42.2 Å². The van der Waals surface area contributed by atoms with Gasteiger partial charge in [0.1, 0.15) is 11.5 Å². The maximum Gasteiger partial charge on any atom is 0.341 e. The molecule has 0 aliphatic rings. The molecule has 0 bridgehead atoms. The number of methoxy groups -OCH3 is 1. The maximum absolute atomic E-state index is 12.5. The van der Waals surface area contributed by atoms with Gasteiger partial charge in [-0.1, -0.05) is 29.3 Å². The van der Waals surface area contributed by atoms with Gasteiger partial charge < -0.3 is 19.0 Å². The van der Waals surface area contributed by atoms with Gasteiger partial charge in [-0.15, -0.1) is 0 Å². The summed E-state index contributed by atoms with van der Waals surface area (Å²) in [6.45, 7) is -0.513. The summed E-state index contributed by atoms with van der Waals surface area (Å²) in [4.78, 5) is 23.1. The Bertz CT molecular complexity index is 1120. The maximum atomic E-state index is 12.5. The van der Waals surface area contributed by atoms with Crippen LogP contribution in [0.1, 0.15) is 16.1 Å². The number of hydrogen-bond acceptors (Lipinski definition) is 5. The Morgan fingerprint density at radius 1 is 1.10 bits per heavy atom. The average Bonchev–Trinajstić information content (AvgIpc) is 3.21. The molecule has 0 saturated carbocycles. The monoisotopic (exact) mass is 446 g/mol. The van der Waals surface area contributed by atoms with Gasteiger partial charge in [-0.2, -0.15) is 0 Å². The number of ketones is 1. The third-order valence-electron chi connectivity index (χ3n) is 4.04. The number of carbonyl (C=O) groups is 2. The number of allylic oxidation sites excluding steroid dienone is 1. The third-order valence-corrected chi connectivity index (χ3v) is 4.86. The molecule has 3 aromatic rings. The smallest absolute Gasteiger partial charge is 0.341 e. The van der Waals surface area contributed by atoms with E-state index in [0.717, 1.165) is 0 Å². The molecular formula is C22H16Cl2O6. The first-order valence-electron chi connectivity index (χ1n) is 8.68. The van der Waals surface area contributed by atoms with Crippen LogP contribution in [-0.2, 0) is 4.79 Å². The van der Waals surface area contributed by atoms with Crippen LogP contribution < -0.4 is 9.47 Å². The average molecular weight is 447 g/mol. The number of furan rings is 1. The summed E-state index contributed by atoms with van der Waals surface area (Å²) < 4.78 is 16.0. The van der Waals surface area contributed by atoms with Gasteiger partial charge in [0.05, 0.1) is 17.2 Å². The molecule has 0 unspecified atom stereocenters. The predicted octanol–water partition coefficient (Wildman–Crippen LogP) is 5.62. The Morgan fingerprint density at radius 2 is 1.90 bits per heavy atom. The van der Waals surface area contributed by atoms with Crippen LogP contribution in [0.4, 0.5) is 0 Å². The van der Waals surface area contributed by atoms with Gasteiger partial charge >= 0.3 is 5.97 Å². The quantitative estimate of drug-likeness (QED) is 0.356. The first-order chi connectivity index (χ1) is 14.4. The highest BCUT2D eigenvalue weighted by Crippen LogP contribution is 2.34. The molecule has 1 heterocycles. The summed E-state index contributed by atoms with van der Waals surface area (Å²) >= 11 is 12.2. The number of aliphatic carboxylic acids is 1. The van der Waals surface area contributed by atoms with E-state index < -0.39 is 12.6 Å². The van der Waals surface area contributed by atoms with Crippen molar-refractivity contribution in [3.63, 3.8) is 0 Å². The topological polar surface area (TPSA) is 86.0 Å². The second-order valence-corrected chi connectivity index (χ2v) is 6.83. The van der Waals surface area contributed by atoms with Crippen molar-refractivity contribution in [1.82, 2.24) is 0 Å². The van der Waals surface area contributed by atoms with Crippen molar-refractivity contribution in [2.24, 2.45) is 0 Å². The minimum absolute atomic E-state index is 0.231. The molecule has 2 aromatic carbocycles. The van der Waals surface area contributed by atoms with Gasteiger partial charge in [-0.05, 0) is 54.6 Å². The van der Waals surface area contributed by atoms with Crippen molar-refractivity contribution in [2.75, 3.05) is 13.7 Å². The minimum Gasteiger partial charge on any atom is -0.493 e. The van der Waals surface area contributed by atoms with E-state index in [1.54, 1.807) is 30.3 Å². The van der Waals surface area contributed by atoms with Gasteiger partial charge in [0, 0.05) is 11.1 Å². The van der Waals surface area contributed by atoms with Crippen molar-refractivity contribution in [2.45, 2.75) is 0 Å². The van der Waals surface area contributed by atoms with Gasteiger partial charge in [0.25, 0.3) is 0 Å². The summed E-state index contributed by atoms with van der Waals surface area (Å²) in [5, 5.41) is 9.52. The zero-order chi connectivity index (χ0) is 21.7. The molecule has 0 fully saturated rings. The van der Waals surface area contributed by atoms with Crippen LogP contribution >= 0.6 is 23.2 Å². The van der Waals surface area contributed by atoms with Crippen LogP contribution in [0, 0.1) is 0 Å². The van der Waals surface area contributed by atoms with Crippen LogP contribution in [0.5, 0.6) is 11.5 Å². The number of benzene rings is 2. The fraction of sp³-hybridized carbons (Fsp3) is 0.0909. The summed E-state index contributed by atoms with van der Waals surface area (Å²) in [6, 6.07) is 13.2. The Hall–Kier alpha value is -3.22. The molecule has 154 valence electrons. The molecule has 3 rings (SSSR count). The van der Waals surface area contributed by atoms with E-state index >= 15 is 0 Å². The van der Waals surface area contributed by atoms with Crippen molar-refractivity contribution in [1.29, 1.82) is 0 Å². The molecule has 8 heteroatoms. The number of rotatable bonds is 8. The molecular weight excluding hydrogens is 431 g/mol. The van der Waals surface area contributed by atoms with Gasteiger partial charge in [-0.3, -0.25) is 4.79 Å². The van der Waals surface area contributed by atoms with Crippen molar-refractivity contribution < 1.29 is 28.6 Å². The largest absolute Gasteiger partial charge is 0.493 e. The standard InChI is InChI=1S/C22H16Cl2O6/c1-28-20-11-13(5-9-19(20)29-12-21(26)27)17(25)8-6-14-7-10-18(30-14)15-3-2-4-16(23)22(15)24/h2-11H,12H2,1H3,(H,26,27)/b8-6+. The van der Waals surface area contributed by atoms with Crippen LogP contribution in [0.15, 0.2) is 59.0 Å². The number of ether oxygens (including phenoxy) is 2. The highest BCUT2D eigenvalue weighted by atomic mass is 35.5. The SMILES string of the molecule is COc1cc(C(=O)/C=C/c2ccc(-c3cccc(Cl)c3Cl)o2)ccc1OCC(=O)O. The highest BCUT2D eigenvalue weighted by Gasteiger charge is 2.12. The van der Waals surface area contributed by atoms with Gasteiger partial charge in [0.2, 0.25) is 0 Å². The fourth-order valence-electron chi connectivity index (χ4n) is 2.61. The normalized spacial score (nSPS) is 10.9. The Balaban J connectivity index is 1.75. The molecule has 6 nitrogen and oxygen atoms in total. The van der Waals surface area contributed by atoms with Crippen molar-refractivity contribution in [3.8, 4) is 22.8 Å². The third kappa shape index (κ3) is 5.03. The van der Waals surface area contributed by atoms with E-state index in [-0.39, 0.29) is 17.3 Å². The Morgan fingerprint density at radius 3 is 2.63 bits per heavy atom. The molecule has 30 heavy (non-hydrogen) atoms. The molecule has 0 aliphatic heterocycles. The van der Waals surface area contributed by atoms with Crippen LogP contribution in [0.25, 0.3) is 17.4 Å². The molecule has 0 radical (unpaired) electrons. The number of halogens is 2. The predicted molar refractivity (Wildman–Crippen MR) is 114 cm³/mol. The highest BCUT2D eigenvalue weighted by molar-refractivity contribution is 6.43. The zero-order valence-corrected chi connectivity index (χ0v) is 17.2. The Labute approximate surface area is 182 Å². The van der Waals surface area contributed by atoms with Crippen molar-refractivity contribution in [3.05, 3.63) is 76.0 Å². The number of carbonyl (C=O) groups excluding carboxylic acids is 1. The molecule has 1 N–H and O–H groups in total. The second-order valence-electron chi connectivity index (χ2n) is 6.05. The molecule has 0 spiro atoms. The lowest BCUT2D eigenvalue weighted by atomic mass is 10.1. The van der Waals surface area contributed by atoms with Crippen LogP contribution in [0.3, 0.4) is 0 Å². The molecule has 1 aromatic heterocycles. The number of carboxylic acids is 1. The molecule has 0 aliphatic carbocycles. The summed E-state index contributed by atoms with van der Waals surface area (Å²) in [7, 11) is 1.40. The lowest BCUT2D eigenvalue weighted by Crippen LogP contribution is -2.10. The number of hydrogen-bond donors (Lipinski definition) is 1. The van der Waals surface area contributed by atoms with E-state index in [9.17, 15) is 9.59 Å². The first-order valence-corrected chi connectivity index (χ1v) is 9.44. The Kier molecular flexibility index (Phi) is 6.82. The van der Waals surface area contributed by atoms with Crippen molar-refractivity contribution >= 4 is 41.0 Å². The summed E-state index contributed by atoms with van der Waals surface area (Å²) in [5.74, 6) is 0.0636. The van der Waals surface area contributed by atoms with E-state index in [1.807, 2.05) is 0 Å². The fourth-order valence-corrected chi connectivity index (χ4v) is 3.01. The van der Waals surface area contributed by atoms with Crippen LogP contribution in [0.2, 0.25) is 10.0 Å². The van der Waals surface area contributed by atoms with Crippen LogP contribution in [-0.4, -0.2) is 30.6 Å². The van der Waals surface area contributed by atoms with Gasteiger partial charge in [-0.25, -0.2) is 4.79 Å². The molecule has 0 saturated heterocycles.